The quantitative estimate of drug-likeness (QED) is 0.855. The van der Waals surface area contributed by atoms with Crippen molar-refractivity contribution >= 4 is 5.69 Å². The van der Waals surface area contributed by atoms with Crippen LogP contribution in [-0.2, 0) is 0 Å². The fourth-order valence-corrected chi connectivity index (χ4v) is 2.25. The molecular formula is C13H22N4. The minimum absolute atomic E-state index is 0.0113. The van der Waals surface area contributed by atoms with E-state index in [4.69, 9.17) is 5.73 Å². The lowest BCUT2D eigenvalue weighted by Gasteiger charge is -2.21. The van der Waals surface area contributed by atoms with Crippen LogP contribution >= 0.6 is 0 Å². The number of likely N-dealkylation sites (N-methyl/N-ethyl adjacent to an activating group) is 1. The van der Waals surface area contributed by atoms with Crippen LogP contribution in [0.5, 0.6) is 0 Å². The Kier molecular flexibility index (Phi) is 3.64. The van der Waals surface area contributed by atoms with E-state index in [1.165, 1.54) is 12.1 Å². The van der Waals surface area contributed by atoms with Crippen molar-refractivity contribution in [3.05, 3.63) is 24.0 Å². The van der Waals surface area contributed by atoms with Crippen LogP contribution in [0.2, 0.25) is 0 Å². The van der Waals surface area contributed by atoms with Crippen molar-refractivity contribution in [2.45, 2.75) is 25.4 Å². The van der Waals surface area contributed by atoms with Crippen molar-refractivity contribution in [2.75, 3.05) is 32.1 Å². The Labute approximate surface area is 103 Å². The predicted octanol–water partition coefficient (Wildman–Crippen LogP) is 1.24. The van der Waals surface area contributed by atoms with E-state index in [9.17, 15) is 0 Å². The SMILES string of the molecule is CC(N)c1ccc(N2CCC(N(C)C)C2)cn1. The monoisotopic (exact) mass is 234 g/mol. The third-order valence-electron chi connectivity index (χ3n) is 3.50. The summed E-state index contributed by atoms with van der Waals surface area (Å²) < 4.78 is 0. The van der Waals surface area contributed by atoms with Crippen molar-refractivity contribution in [3.63, 3.8) is 0 Å². The van der Waals surface area contributed by atoms with Crippen LogP contribution in [0.1, 0.15) is 25.1 Å². The molecule has 17 heavy (non-hydrogen) atoms. The first kappa shape index (κ1) is 12.3. The lowest BCUT2D eigenvalue weighted by atomic mass is 10.2. The van der Waals surface area contributed by atoms with Gasteiger partial charge in [-0.2, -0.15) is 0 Å². The number of hydrogen-bond acceptors (Lipinski definition) is 4. The van der Waals surface area contributed by atoms with Gasteiger partial charge < -0.3 is 15.5 Å². The first-order valence-corrected chi connectivity index (χ1v) is 6.21. The number of rotatable bonds is 3. The van der Waals surface area contributed by atoms with E-state index < -0.39 is 0 Å². The lowest BCUT2D eigenvalue weighted by molar-refractivity contribution is 0.315. The van der Waals surface area contributed by atoms with Crippen LogP contribution in [0.25, 0.3) is 0 Å². The fourth-order valence-electron chi connectivity index (χ4n) is 2.25. The van der Waals surface area contributed by atoms with E-state index in [0.717, 1.165) is 18.8 Å². The highest BCUT2D eigenvalue weighted by molar-refractivity contribution is 5.46. The van der Waals surface area contributed by atoms with Crippen molar-refractivity contribution in [3.8, 4) is 0 Å². The van der Waals surface area contributed by atoms with Crippen LogP contribution in [-0.4, -0.2) is 43.1 Å². The summed E-state index contributed by atoms with van der Waals surface area (Å²) >= 11 is 0. The molecule has 0 radical (unpaired) electrons. The van der Waals surface area contributed by atoms with Gasteiger partial charge in [-0.15, -0.1) is 0 Å². The summed E-state index contributed by atoms with van der Waals surface area (Å²) in [6.45, 7) is 4.16. The molecule has 2 unspecified atom stereocenters. The molecule has 4 heteroatoms. The molecule has 0 aliphatic carbocycles. The van der Waals surface area contributed by atoms with Gasteiger partial charge in [0.15, 0.2) is 0 Å². The van der Waals surface area contributed by atoms with Gasteiger partial charge in [-0.05, 0) is 39.6 Å². The van der Waals surface area contributed by atoms with Gasteiger partial charge in [0, 0.05) is 25.2 Å². The smallest absolute Gasteiger partial charge is 0.0569 e. The lowest BCUT2D eigenvalue weighted by Crippen LogP contribution is -2.31. The summed E-state index contributed by atoms with van der Waals surface area (Å²) in [7, 11) is 4.29. The summed E-state index contributed by atoms with van der Waals surface area (Å²) in [6, 6.07) is 4.83. The van der Waals surface area contributed by atoms with Crippen LogP contribution < -0.4 is 10.6 Å². The zero-order chi connectivity index (χ0) is 12.4. The molecule has 1 aliphatic heterocycles. The standard InChI is InChI=1S/C13H22N4/c1-10(14)13-5-4-11(8-15-13)17-7-6-12(9-17)16(2)3/h4-5,8,10,12H,6-7,9,14H2,1-3H3. The number of nitrogens with two attached hydrogens (primary N) is 1. The molecule has 4 nitrogen and oxygen atoms in total. The Morgan fingerprint density at radius 2 is 2.24 bits per heavy atom. The highest BCUT2D eigenvalue weighted by Gasteiger charge is 2.24. The van der Waals surface area contributed by atoms with E-state index >= 15 is 0 Å². The van der Waals surface area contributed by atoms with Gasteiger partial charge >= 0.3 is 0 Å². The van der Waals surface area contributed by atoms with Gasteiger partial charge in [-0.1, -0.05) is 0 Å². The van der Waals surface area contributed by atoms with Crippen molar-refractivity contribution in [2.24, 2.45) is 5.73 Å². The van der Waals surface area contributed by atoms with E-state index in [0.29, 0.717) is 6.04 Å². The maximum absolute atomic E-state index is 5.80. The Bertz CT molecular complexity index is 358. The maximum Gasteiger partial charge on any atom is 0.0569 e. The largest absolute Gasteiger partial charge is 0.369 e. The van der Waals surface area contributed by atoms with Gasteiger partial charge in [-0.3, -0.25) is 4.98 Å². The Hall–Kier alpha value is -1.13. The Morgan fingerprint density at radius 3 is 2.71 bits per heavy atom. The third kappa shape index (κ3) is 2.76. The first-order chi connectivity index (χ1) is 8.08. The highest BCUT2D eigenvalue weighted by Crippen LogP contribution is 2.22. The van der Waals surface area contributed by atoms with Crippen molar-refractivity contribution in [1.29, 1.82) is 0 Å². The normalized spacial score (nSPS) is 22.2. The van der Waals surface area contributed by atoms with E-state index in [2.05, 4.69) is 34.9 Å². The highest BCUT2D eigenvalue weighted by atomic mass is 15.2. The second kappa shape index (κ2) is 5.02. The second-order valence-electron chi connectivity index (χ2n) is 5.08. The topological polar surface area (TPSA) is 45.4 Å². The molecule has 1 aliphatic rings. The minimum Gasteiger partial charge on any atom is -0.369 e. The summed E-state index contributed by atoms with van der Waals surface area (Å²) in [6.07, 6.45) is 3.17. The summed E-state index contributed by atoms with van der Waals surface area (Å²) in [4.78, 5) is 9.10. The molecule has 2 atom stereocenters. The molecule has 0 spiro atoms. The predicted molar refractivity (Wildman–Crippen MR) is 71.1 cm³/mol. The number of aromatic nitrogens is 1. The molecule has 2 N–H and O–H groups in total. The minimum atomic E-state index is 0.0113. The molecule has 0 aromatic carbocycles. The zero-order valence-corrected chi connectivity index (χ0v) is 10.9. The van der Waals surface area contributed by atoms with Crippen LogP contribution in [0, 0.1) is 0 Å². The average molecular weight is 234 g/mol. The average Bonchev–Trinajstić information content (AvgIpc) is 2.78. The van der Waals surface area contributed by atoms with E-state index in [1.807, 2.05) is 19.2 Å². The number of anilines is 1. The van der Waals surface area contributed by atoms with Gasteiger partial charge in [0.2, 0.25) is 0 Å². The van der Waals surface area contributed by atoms with Gasteiger partial charge in [0.25, 0.3) is 0 Å². The molecule has 1 aromatic heterocycles. The molecule has 0 saturated carbocycles. The Morgan fingerprint density at radius 1 is 1.47 bits per heavy atom. The molecule has 0 bridgehead atoms. The van der Waals surface area contributed by atoms with E-state index in [1.54, 1.807) is 0 Å². The molecular weight excluding hydrogens is 212 g/mol. The third-order valence-corrected chi connectivity index (χ3v) is 3.50. The maximum atomic E-state index is 5.80. The van der Waals surface area contributed by atoms with E-state index in [-0.39, 0.29) is 6.04 Å². The van der Waals surface area contributed by atoms with Gasteiger partial charge in [0.1, 0.15) is 0 Å². The number of pyridine rings is 1. The van der Waals surface area contributed by atoms with Gasteiger partial charge in [-0.25, -0.2) is 0 Å². The summed E-state index contributed by atoms with van der Waals surface area (Å²) in [5.41, 5.74) is 7.96. The molecule has 0 amide bonds. The first-order valence-electron chi connectivity index (χ1n) is 6.21. The fraction of sp³-hybridized carbons (Fsp3) is 0.615. The second-order valence-corrected chi connectivity index (χ2v) is 5.08. The zero-order valence-electron chi connectivity index (χ0n) is 10.9. The van der Waals surface area contributed by atoms with Crippen molar-refractivity contribution < 1.29 is 0 Å². The van der Waals surface area contributed by atoms with Crippen LogP contribution in [0.4, 0.5) is 5.69 Å². The summed E-state index contributed by atoms with van der Waals surface area (Å²) in [5.74, 6) is 0. The molecule has 1 saturated heterocycles. The number of nitrogens with zero attached hydrogens (tertiary/aromatic N) is 3. The molecule has 94 valence electrons. The molecule has 2 heterocycles. The molecule has 1 aromatic rings. The van der Waals surface area contributed by atoms with Crippen LogP contribution in [0.15, 0.2) is 18.3 Å². The van der Waals surface area contributed by atoms with Crippen LogP contribution in [0.3, 0.4) is 0 Å². The molecule has 2 rings (SSSR count). The van der Waals surface area contributed by atoms with Crippen molar-refractivity contribution in [1.82, 2.24) is 9.88 Å². The number of hydrogen-bond donors (Lipinski definition) is 1. The van der Waals surface area contributed by atoms with Gasteiger partial charge in [0.05, 0.1) is 17.6 Å². The Balaban J connectivity index is 2.04. The molecule has 1 fully saturated rings. The summed E-state index contributed by atoms with van der Waals surface area (Å²) in [5, 5.41) is 0.